The van der Waals surface area contributed by atoms with E-state index in [1.165, 1.54) is 31.4 Å². The SMILES string of the molecule is COCCNS(=O)(=O)c1ccc(OCC(=O)NCc2cccc(C)c2)cc1. The molecule has 0 saturated heterocycles. The summed E-state index contributed by atoms with van der Waals surface area (Å²) in [6, 6.07) is 13.7. The van der Waals surface area contributed by atoms with Gasteiger partial charge >= 0.3 is 0 Å². The fraction of sp³-hybridized carbons (Fsp3) is 0.316. The maximum atomic E-state index is 12.1. The van der Waals surface area contributed by atoms with Gasteiger partial charge < -0.3 is 14.8 Å². The standard InChI is InChI=1S/C19H24N2O5S/c1-15-4-3-5-16(12-15)13-20-19(22)14-26-17-6-8-18(9-7-17)27(23,24)21-10-11-25-2/h3-9,12,21H,10-11,13-14H2,1-2H3,(H,20,22). The zero-order chi connectivity index (χ0) is 19.7. The van der Waals surface area contributed by atoms with Crippen molar-refractivity contribution in [1.29, 1.82) is 0 Å². The van der Waals surface area contributed by atoms with Gasteiger partial charge in [-0.05, 0) is 36.8 Å². The van der Waals surface area contributed by atoms with Crippen molar-refractivity contribution in [3.63, 3.8) is 0 Å². The second-order valence-corrected chi connectivity index (χ2v) is 7.68. The molecule has 0 atom stereocenters. The number of amides is 1. The largest absolute Gasteiger partial charge is 0.484 e. The van der Waals surface area contributed by atoms with E-state index in [-0.39, 0.29) is 30.6 Å². The van der Waals surface area contributed by atoms with Crippen LogP contribution in [0.3, 0.4) is 0 Å². The first-order chi connectivity index (χ1) is 12.9. The van der Waals surface area contributed by atoms with Gasteiger partial charge in [-0.3, -0.25) is 4.79 Å². The lowest BCUT2D eigenvalue weighted by Gasteiger charge is -2.09. The Morgan fingerprint density at radius 3 is 2.52 bits per heavy atom. The molecular weight excluding hydrogens is 368 g/mol. The van der Waals surface area contributed by atoms with E-state index in [0.29, 0.717) is 12.3 Å². The van der Waals surface area contributed by atoms with Crippen molar-refractivity contribution >= 4 is 15.9 Å². The van der Waals surface area contributed by atoms with E-state index in [9.17, 15) is 13.2 Å². The Hall–Kier alpha value is -2.42. The Bertz CT molecular complexity index is 851. The summed E-state index contributed by atoms with van der Waals surface area (Å²) in [4.78, 5) is 12.0. The lowest BCUT2D eigenvalue weighted by atomic mass is 10.1. The van der Waals surface area contributed by atoms with Crippen LogP contribution in [0, 0.1) is 6.92 Å². The summed E-state index contributed by atoms with van der Waals surface area (Å²) in [7, 11) is -2.09. The molecule has 0 aliphatic carbocycles. The second-order valence-electron chi connectivity index (χ2n) is 5.92. The van der Waals surface area contributed by atoms with E-state index >= 15 is 0 Å². The number of methoxy groups -OCH3 is 1. The van der Waals surface area contributed by atoms with E-state index in [0.717, 1.165) is 11.1 Å². The summed E-state index contributed by atoms with van der Waals surface area (Å²) in [6.07, 6.45) is 0. The Morgan fingerprint density at radius 2 is 1.85 bits per heavy atom. The normalized spacial score (nSPS) is 11.2. The van der Waals surface area contributed by atoms with Crippen molar-refractivity contribution in [3.05, 3.63) is 59.7 Å². The van der Waals surface area contributed by atoms with E-state index in [1.54, 1.807) is 0 Å². The zero-order valence-electron chi connectivity index (χ0n) is 15.4. The maximum Gasteiger partial charge on any atom is 0.258 e. The number of hydrogen-bond donors (Lipinski definition) is 2. The molecule has 7 nitrogen and oxygen atoms in total. The molecule has 0 aromatic heterocycles. The third-order valence-corrected chi connectivity index (χ3v) is 5.15. The van der Waals surface area contributed by atoms with Crippen LogP contribution in [0.15, 0.2) is 53.4 Å². The van der Waals surface area contributed by atoms with Gasteiger partial charge in [0.15, 0.2) is 6.61 Å². The molecule has 0 unspecified atom stereocenters. The lowest BCUT2D eigenvalue weighted by molar-refractivity contribution is -0.123. The Kier molecular flexibility index (Phi) is 7.78. The summed E-state index contributed by atoms with van der Waals surface area (Å²) in [5.74, 6) is 0.158. The summed E-state index contributed by atoms with van der Waals surface area (Å²) in [6.45, 7) is 2.75. The summed E-state index contributed by atoms with van der Waals surface area (Å²) in [5.41, 5.74) is 2.14. The molecule has 27 heavy (non-hydrogen) atoms. The van der Waals surface area contributed by atoms with Gasteiger partial charge in [-0.2, -0.15) is 0 Å². The van der Waals surface area contributed by atoms with Gasteiger partial charge in [0.05, 0.1) is 11.5 Å². The van der Waals surface area contributed by atoms with E-state index in [1.807, 2.05) is 31.2 Å². The lowest BCUT2D eigenvalue weighted by Crippen LogP contribution is -2.28. The molecule has 0 aliphatic heterocycles. The number of hydrogen-bond acceptors (Lipinski definition) is 5. The number of ether oxygens (including phenoxy) is 2. The highest BCUT2D eigenvalue weighted by atomic mass is 32.2. The topological polar surface area (TPSA) is 93.7 Å². The van der Waals surface area contributed by atoms with Crippen molar-refractivity contribution in [2.45, 2.75) is 18.4 Å². The molecule has 146 valence electrons. The van der Waals surface area contributed by atoms with Gasteiger partial charge in [0.25, 0.3) is 5.91 Å². The van der Waals surface area contributed by atoms with Crippen LogP contribution in [0.25, 0.3) is 0 Å². The smallest absolute Gasteiger partial charge is 0.258 e. The molecule has 0 spiro atoms. The number of carbonyl (C=O) groups excluding carboxylic acids is 1. The molecule has 2 rings (SSSR count). The van der Waals surface area contributed by atoms with Crippen LogP contribution in [0.5, 0.6) is 5.75 Å². The number of carbonyl (C=O) groups is 1. The third-order valence-electron chi connectivity index (χ3n) is 3.67. The van der Waals surface area contributed by atoms with Gasteiger partial charge in [0, 0.05) is 20.2 Å². The molecule has 2 aromatic rings. The Labute approximate surface area is 159 Å². The Morgan fingerprint density at radius 1 is 1.11 bits per heavy atom. The van der Waals surface area contributed by atoms with E-state index in [2.05, 4.69) is 10.0 Å². The van der Waals surface area contributed by atoms with Gasteiger partial charge in [-0.1, -0.05) is 29.8 Å². The molecule has 8 heteroatoms. The molecule has 0 bridgehead atoms. The fourth-order valence-electron chi connectivity index (χ4n) is 2.30. The van der Waals surface area contributed by atoms with Gasteiger partial charge in [-0.15, -0.1) is 0 Å². The average Bonchev–Trinajstić information content (AvgIpc) is 2.65. The van der Waals surface area contributed by atoms with Crippen molar-refractivity contribution in [2.75, 3.05) is 26.9 Å². The molecule has 0 saturated carbocycles. The molecule has 0 fully saturated rings. The minimum absolute atomic E-state index is 0.120. The number of nitrogens with one attached hydrogen (secondary N) is 2. The number of rotatable bonds is 10. The quantitative estimate of drug-likeness (QED) is 0.599. The molecule has 0 aliphatic rings. The summed E-state index contributed by atoms with van der Waals surface area (Å²) < 4.78 is 36.8. The first-order valence-electron chi connectivity index (χ1n) is 8.44. The molecule has 2 aromatic carbocycles. The van der Waals surface area contributed by atoms with Crippen LogP contribution < -0.4 is 14.8 Å². The highest BCUT2D eigenvalue weighted by Gasteiger charge is 2.13. The van der Waals surface area contributed by atoms with Gasteiger partial charge in [-0.25, -0.2) is 13.1 Å². The van der Waals surface area contributed by atoms with E-state index in [4.69, 9.17) is 9.47 Å². The summed E-state index contributed by atoms with van der Waals surface area (Å²) in [5, 5.41) is 2.78. The average molecular weight is 392 g/mol. The van der Waals surface area contributed by atoms with Gasteiger partial charge in [0.2, 0.25) is 10.0 Å². The van der Waals surface area contributed by atoms with Gasteiger partial charge in [0.1, 0.15) is 5.75 Å². The number of sulfonamides is 1. The minimum atomic E-state index is -3.59. The van der Waals surface area contributed by atoms with Crippen LogP contribution in [-0.4, -0.2) is 41.2 Å². The molecular formula is C19H24N2O5S. The van der Waals surface area contributed by atoms with Crippen molar-refractivity contribution < 1.29 is 22.7 Å². The number of aryl methyl sites for hydroxylation is 1. The highest BCUT2D eigenvalue weighted by molar-refractivity contribution is 7.89. The molecule has 1 amide bonds. The van der Waals surface area contributed by atoms with Crippen LogP contribution in [-0.2, 0) is 26.1 Å². The minimum Gasteiger partial charge on any atom is -0.484 e. The van der Waals surface area contributed by atoms with Crippen molar-refractivity contribution in [2.24, 2.45) is 0 Å². The van der Waals surface area contributed by atoms with Crippen molar-refractivity contribution in [1.82, 2.24) is 10.0 Å². The zero-order valence-corrected chi connectivity index (χ0v) is 16.2. The second kappa shape index (κ2) is 10.1. The molecule has 0 radical (unpaired) electrons. The molecule has 2 N–H and O–H groups in total. The van der Waals surface area contributed by atoms with Crippen molar-refractivity contribution in [3.8, 4) is 5.75 Å². The molecule has 0 heterocycles. The monoisotopic (exact) mass is 392 g/mol. The maximum absolute atomic E-state index is 12.1. The highest BCUT2D eigenvalue weighted by Crippen LogP contribution is 2.15. The predicted molar refractivity (Wildman–Crippen MR) is 102 cm³/mol. The first kappa shape index (κ1) is 20.9. The number of benzene rings is 2. The predicted octanol–water partition coefficient (Wildman–Crippen LogP) is 1.61. The van der Waals surface area contributed by atoms with Crippen LogP contribution in [0.2, 0.25) is 0 Å². The van der Waals surface area contributed by atoms with Crippen LogP contribution in [0.1, 0.15) is 11.1 Å². The van der Waals surface area contributed by atoms with Crippen LogP contribution in [0.4, 0.5) is 0 Å². The third kappa shape index (κ3) is 7.01. The Balaban J connectivity index is 1.81. The fourth-order valence-corrected chi connectivity index (χ4v) is 3.31. The summed E-state index contributed by atoms with van der Waals surface area (Å²) >= 11 is 0. The van der Waals surface area contributed by atoms with E-state index < -0.39 is 10.0 Å². The van der Waals surface area contributed by atoms with Crippen LogP contribution >= 0.6 is 0 Å². The first-order valence-corrected chi connectivity index (χ1v) is 9.93.